The zero-order valence-corrected chi connectivity index (χ0v) is 14.5. The molecule has 1 aliphatic rings. The Balaban J connectivity index is 1.77. The van der Waals surface area contributed by atoms with E-state index in [4.69, 9.17) is 9.47 Å². The Bertz CT molecular complexity index is 866. The van der Waals surface area contributed by atoms with Gasteiger partial charge in [0.15, 0.2) is 17.8 Å². The minimum atomic E-state index is -1.75. The van der Waals surface area contributed by atoms with Gasteiger partial charge in [-0.05, 0) is 35.4 Å². The van der Waals surface area contributed by atoms with Gasteiger partial charge in [0, 0.05) is 6.07 Å². The fourth-order valence-corrected chi connectivity index (χ4v) is 2.67. The van der Waals surface area contributed by atoms with Crippen LogP contribution in [0.25, 0.3) is 12.2 Å². The predicted molar refractivity (Wildman–Crippen MR) is 96.3 cm³/mol. The summed E-state index contributed by atoms with van der Waals surface area (Å²) in [7, 11) is 0. The first-order chi connectivity index (χ1) is 13.2. The Morgan fingerprint density at radius 1 is 0.750 bits per heavy atom. The first-order valence-corrected chi connectivity index (χ1v) is 8.33. The minimum absolute atomic E-state index is 0.0769. The van der Waals surface area contributed by atoms with Crippen LogP contribution in [0.15, 0.2) is 36.4 Å². The van der Waals surface area contributed by atoms with Crippen molar-refractivity contribution in [2.45, 2.75) is 30.9 Å². The van der Waals surface area contributed by atoms with Gasteiger partial charge >= 0.3 is 0 Å². The highest BCUT2D eigenvalue weighted by Gasteiger charge is 2.44. The van der Waals surface area contributed by atoms with Crippen molar-refractivity contribution in [1.29, 1.82) is 0 Å². The fraction of sp³-hybridized carbons (Fsp3) is 0.263. The smallest absolute Gasteiger partial charge is 0.231 e. The van der Waals surface area contributed by atoms with Crippen LogP contribution >= 0.6 is 0 Å². The summed E-state index contributed by atoms with van der Waals surface area (Å²) in [6.07, 6.45) is -4.98. The third-order valence-corrected chi connectivity index (χ3v) is 4.18. The lowest BCUT2D eigenvalue weighted by molar-refractivity contribution is -0.321. The lowest BCUT2D eigenvalue weighted by atomic mass is 10.0. The number of hydrogen-bond acceptors (Lipinski definition) is 9. The number of phenolic OH excluding ortho intramolecular Hbond substituents is 3. The van der Waals surface area contributed by atoms with E-state index in [1.54, 1.807) is 18.2 Å². The summed E-state index contributed by atoms with van der Waals surface area (Å²) >= 11 is 0. The molecule has 5 atom stereocenters. The highest BCUT2D eigenvalue weighted by atomic mass is 16.7. The minimum Gasteiger partial charge on any atom is -0.508 e. The average molecular weight is 392 g/mol. The van der Waals surface area contributed by atoms with E-state index in [0.717, 1.165) is 0 Å². The number of ether oxygens (including phenoxy) is 2. The number of aliphatic hydroxyl groups excluding tert-OH is 4. The van der Waals surface area contributed by atoms with E-state index in [1.165, 1.54) is 30.3 Å². The average Bonchev–Trinajstić information content (AvgIpc) is 2.65. The van der Waals surface area contributed by atoms with Crippen LogP contribution in [0.4, 0.5) is 0 Å². The van der Waals surface area contributed by atoms with E-state index in [-0.39, 0.29) is 23.0 Å². The van der Waals surface area contributed by atoms with Crippen LogP contribution in [-0.2, 0) is 4.74 Å². The van der Waals surface area contributed by atoms with Gasteiger partial charge in [-0.3, -0.25) is 0 Å². The van der Waals surface area contributed by atoms with E-state index < -0.39 is 30.9 Å². The molecule has 0 aliphatic carbocycles. The van der Waals surface area contributed by atoms with Crippen molar-refractivity contribution in [3.05, 3.63) is 47.5 Å². The summed E-state index contributed by atoms with van der Waals surface area (Å²) in [6, 6.07) is 8.42. The van der Waals surface area contributed by atoms with Gasteiger partial charge in [0.1, 0.15) is 29.8 Å². The number of benzene rings is 2. The van der Waals surface area contributed by atoms with E-state index >= 15 is 0 Å². The zero-order chi connectivity index (χ0) is 20.4. The van der Waals surface area contributed by atoms with Crippen molar-refractivity contribution in [3.8, 4) is 23.0 Å². The highest BCUT2D eigenvalue weighted by Crippen LogP contribution is 2.29. The summed E-state index contributed by atoms with van der Waals surface area (Å²) in [5, 5.41) is 67.4. The molecular weight excluding hydrogens is 372 g/mol. The molecule has 150 valence electrons. The molecule has 1 heterocycles. The summed E-state index contributed by atoms with van der Waals surface area (Å²) in [4.78, 5) is 0. The van der Waals surface area contributed by atoms with Gasteiger partial charge in [0.05, 0.1) is 0 Å². The van der Waals surface area contributed by atoms with Crippen molar-refractivity contribution in [1.82, 2.24) is 0 Å². The van der Waals surface area contributed by atoms with Gasteiger partial charge in [-0.2, -0.15) is 0 Å². The quantitative estimate of drug-likeness (QED) is 0.283. The lowest BCUT2D eigenvalue weighted by Gasteiger charge is -2.37. The van der Waals surface area contributed by atoms with Gasteiger partial charge < -0.3 is 45.2 Å². The number of aromatic hydroxyl groups is 3. The SMILES string of the molecule is Oc1cc(C=Cc2ccc(O)c(O)c2)cc(O[C@H]2O[C@@H](O)[C@H](O)[C@@H](O)[C@@H]2O)c1. The second kappa shape index (κ2) is 8.05. The Hall–Kier alpha value is -2.82. The molecule has 0 bridgehead atoms. The van der Waals surface area contributed by atoms with Gasteiger partial charge in [-0.25, -0.2) is 0 Å². The molecule has 0 amide bonds. The van der Waals surface area contributed by atoms with Crippen LogP contribution in [-0.4, -0.2) is 66.6 Å². The largest absolute Gasteiger partial charge is 0.508 e. The second-order valence-electron chi connectivity index (χ2n) is 6.33. The standard InChI is InChI=1S/C19H20O9/c20-11-5-10(2-1-9-3-4-13(21)14(22)7-9)6-12(8-11)27-19-17(25)15(23)16(24)18(26)28-19/h1-8,15-26H/t15-,16-,17+,18-,19+/m1/s1. The second-order valence-corrected chi connectivity index (χ2v) is 6.33. The zero-order valence-electron chi connectivity index (χ0n) is 14.5. The first-order valence-electron chi connectivity index (χ1n) is 8.33. The maximum atomic E-state index is 9.93. The maximum absolute atomic E-state index is 9.93. The Morgan fingerprint density at radius 2 is 1.46 bits per heavy atom. The number of hydrogen-bond donors (Lipinski definition) is 7. The monoisotopic (exact) mass is 392 g/mol. The maximum Gasteiger partial charge on any atom is 0.231 e. The van der Waals surface area contributed by atoms with Crippen LogP contribution in [0.2, 0.25) is 0 Å². The van der Waals surface area contributed by atoms with E-state index in [1.807, 2.05) is 0 Å². The fourth-order valence-electron chi connectivity index (χ4n) is 2.67. The summed E-state index contributed by atoms with van der Waals surface area (Å²) in [5.74, 6) is -0.597. The van der Waals surface area contributed by atoms with Crippen LogP contribution in [0.5, 0.6) is 23.0 Å². The molecule has 0 aromatic heterocycles. The van der Waals surface area contributed by atoms with Crippen LogP contribution in [0.3, 0.4) is 0 Å². The molecule has 9 nitrogen and oxygen atoms in total. The van der Waals surface area contributed by atoms with E-state index in [2.05, 4.69) is 0 Å². The number of rotatable bonds is 4. The number of phenols is 3. The molecule has 0 spiro atoms. The normalized spacial score (nSPS) is 27.8. The summed E-state index contributed by atoms with van der Waals surface area (Å²) < 4.78 is 10.3. The van der Waals surface area contributed by atoms with Crippen molar-refractivity contribution < 1.29 is 45.2 Å². The Labute approximate surface area is 159 Å². The molecule has 9 heteroatoms. The van der Waals surface area contributed by atoms with Crippen molar-refractivity contribution in [2.75, 3.05) is 0 Å². The predicted octanol–water partition coefficient (Wildman–Crippen LogP) is 0.110. The summed E-state index contributed by atoms with van der Waals surface area (Å²) in [5.41, 5.74) is 1.08. The molecule has 0 radical (unpaired) electrons. The first kappa shape index (κ1) is 19.9. The third-order valence-electron chi connectivity index (χ3n) is 4.18. The van der Waals surface area contributed by atoms with Gasteiger partial charge in [-0.15, -0.1) is 0 Å². The summed E-state index contributed by atoms with van der Waals surface area (Å²) in [6.45, 7) is 0. The van der Waals surface area contributed by atoms with Gasteiger partial charge in [0.2, 0.25) is 6.29 Å². The van der Waals surface area contributed by atoms with Crippen molar-refractivity contribution in [3.63, 3.8) is 0 Å². The molecular formula is C19H20O9. The Morgan fingerprint density at radius 3 is 2.18 bits per heavy atom. The molecule has 0 saturated carbocycles. The van der Waals surface area contributed by atoms with Crippen LogP contribution < -0.4 is 4.74 Å². The van der Waals surface area contributed by atoms with Crippen molar-refractivity contribution in [2.24, 2.45) is 0 Å². The Kier molecular flexibility index (Phi) is 5.73. The molecule has 2 aromatic carbocycles. The van der Waals surface area contributed by atoms with Gasteiger partial charge in [-0.1, -0.05) is 18.2 Å². The topological polar surface area (TPSA) is 160 Å². The van der Waals surface area contributed by atoms with E-state index in [0.29, 0.717) is 11.1 Å². The molecule has 3 rings (SSSR count). The molecule has 1 aliphatic heterocycles. The molecule has 1 fully saturated rings. The molecule has 7 N–H and O–H groups in total. The van der Waals surface area contributed by atoms with E-state index in [9.17, 15) is 35.7 Å². The van der Waals surface area contributed by atoms with Gasteiger partial charge in [0.25, 0.3) is 0 Å². The molecule has 28 heavy (non-hydrogen) atoms. The van der Waals surface area contributed by atoms with Crippen molar-refractivity contribution >= 4 is 12.2 Å². The van der Waals surface area contributed by atoms with Crippen LogP contribution in [0.1, 0.15) is 11.1 Å². The molecule has 2 aromatic rings. The van der Waals surface area contributed by atoms with Crippen LogP contribution in [0, 0.1) is 0 Å². The molecule has 1 saturated heterocycles. The third kappa shape index (κ3) is 4.35. The highest BCUT2D eigenvalue weighted by molar-refractivity contribution is 5.72. The lowest BCUT2D eigenvalue weighted by Crippen LogP contribution is -2.59. The molecule has 0 unspecified atom stereocenters. The number of aliphatic hydroxyl groups is 4.